The lowest BCUT2D eigenvalue weighted by Crippen LogP contribution is -2.47. The third-order valence-electron chi connectivity index (χ3n) is 3.98. The minimum atomic E-state index is -0.133. The van der Waals surface area contributed by atoms with Crippen molar-refractivity contribution in [3.05, 3.63) is 35.4 Å². The van der Waals surface area contributed by atoms with Crippen LogP contribution in [0.15, 0.2) is 24.3 Å². The highest BCUT2D eigenvalue weighted by atomic mass is 35.5. The molecular formula is C16H22ClNO. The van der Waals surface area contributed by atoms with Gasteiger partial charge in [-0.15, -0.1) is 11.6 Å². The lowest BCUT2D eigenvalue weighted by atomic mass is 9.99. The molecule has 2 rings (SSSR count). The van der Waals surface area contributed by atoms with Crippen LogP contribution in [0.1, 0.15) is 43.2 Å². The van der Waals surface area contributed by atoms with Crippen LogP contribution in [-0.4, -0.2) is 17.3 Å². The quantitative estimate of drug-likeness (QED) is 0.820. The zero-order valence-electron chi connectivity index (χ0n) is 11.5. The predicted molar refractivity (Wildman–Crippen MR) is 79.6 cm³/mol. The van der Waals surface area contributed by atoms with E-state index in [0.717, 1.165) is 19.3 Å². The van der Waals surface area contributed by atoms with Crippen LogP contribution >= 0.6 is 11.6 Å². The Hall–Kier alpha value is -1.02. The summed E-state index contributed by atoms with van der Waals surface area (Å²) in [5, 5.41) is 3.15. The molecule has 104 valence electrons. The van der Waals surface area contributed by atoms with Gasteiger partial charge in [0.25, 0.3) is 0 Å². The molecule has 1 fully saturated rings. The summed E-state index contributed by atoms with van der Waals surface area (Å²) in [5.41, 5.74) is 2.33. The van der Waals surface area contributed by atoms with Crippen molar-refractivity contribution in [1.29, 1.82) is 0 Å². The van der Waals surface area contributed by atoms with E-state index in [-0.39, 0.29) is 11.4 Å². The van der Waals surface area contributed by atoms with Crippen LogP contribution < -0.4 is 5.32 Å². The van der Waals surface area contributed by atoms with Gasteiger partial charge in [0.05, 0.1) is 5.54 Å². The van der Waals surface area contributed by atoms with Crippen molar-refractivity contribution >= 4 is 17.5 Å². The van der Waals surface area contributed by atoms with E-state index in [9.17, 15) is 4.79 Å². The van der Waals surface area contributed by atoms with Crippen LogP contribution in [0.5, 0.6) is 0 Å². The van der Waals surface area contributed by atoms with Gasteiger partial charge in [0, 0.05) is 12.3 Å². The molecule has 2 nitrogen and oxygen atoms in total. The fourth-order valence-corrected chi connectivity index (χ4v) is 3.05. The molecule has 0 atom stereocenters. The molecule has 0 aromatic heterocycles. The van der Waals surface area contributed by atoms with E-state index in [1.54, 1.807) is 0 Å². The van der Waals surface area contributed by atoms with Crippen molar-refractivity contribution in [2.45, 2.75) is 51.0 Å². The summed E-state index contributed by atoms with van der Waals surface area (Å²) < 4.78 is 0. The van der Waals surface area contributed by atoms with Gasteiger partial charge in [-0.3, -0.25) is 4.79 Å². The van der Waals surface area contributed by atoms with Crippen LogP contribution in [0.25, 0.3) is 0 Å². The molecule has 3 heteroatoms. The van der Waals surface area contributed by atoms with Gasteiger partial charge in [-0.1, -0.05) is 42.7 Å². The van der Waals surface area contributed by atoms with Gasteiger partial charge in [0.15, 0.2) is 0 Å². The summed E-state index contributed by atoms with van der Waals surface area (Å²) in [6, 6.07) is 8.36. The highest BCUT2D eigenvalue weighted by molar-refractivity contribution is 6.18. The second kappa shape index (κ2) is 6.42. The lowest BCUT2D eigenvalue weighted by Gasteiger charge is -2.27. The second-order valence-electron chi connectivity index (χ2n) is 5.65. The third kappa shape index (κ3) is 3.97. The first-order valence-electron chi connectivity index (χ1n) is 7.06. The van der Waals surface area contributed by atoms with E-state index >= 15 is 0 Å². The molecule has 1 aliphatic rings. The Labute approximate surface area is 120 Å². The first-order chi connectivity index (χ1) is 9.13. The van der Waals surface area contributed by atoms with E-state index in [2.05, 4.69) is 36.5 Å². The maximum Gasteiger partial charge on any atom is 0.220 e. The number of hydrogen-bond donors (Lipinski definition) is 1. The van der Waals surface area contributed by atoms with Gasteiger partial charge in [0.2, 0.25) is 5.91 Å². The highest BCUT2D eigenvalue weighted by Gasteiger charge is 2.34. The third-order valence-corrected chi connectivity index (χ3v) is 4.49. The molecule has 1 aromatic carbocycles. The molecule has 0 aliphatic heterocycles. The molecule has 0 unspecified atom stereocenters. The number of hydrogen-bond acceptors (Lipinski definition) is 1. The van der Waals surface area contributed by atoms with Crippen LogP contribution in [0, 0.1) is 6.92 Å². The summed E-state index contributed by atoms with van der Waals surface area (Å²) in [6.45, 7) is 2.07. The molecule has 1 aromatic rings. The number of halogens is 1. The Morgan fingerprint density at radius 1 is 1.26 bits per heavy atom. The van der Waals surface area contributed by atoms with E-state index < -0.39 is 0 Å². The van der Waals surface area contributed by atoms with E-state index in [1.165, 1.54) is 24.0 Å². The average Bonchev–Trinajstić information content (AvgIpc) is 2.87. The number of alkyl halides is 1. The maximum absolute atomic E-state index is 12.0. The first kappa shape index (κ1) is 14.4. The van der Waals surface area contributed by atoms with Crippen LogP contribution in [0.4, 0.5) is 0 Å². The van der Waals surface area contributed by atoms with Crippen molar-refractivity contribution in [1.82, 2.24) is 5.32 Å². The van der Waals surface area contributed by atoms with Crippen molar-refractivity contribution in [2.75, 3.05) is 5.88 Å². The fraction of sp³-hybridized carbons (Fsp3) is 0.562. The van der Waals surface area contributed by atoms with Crippen molar-refractivity contribution in [2.24, 2.45) is 0 Å². The summed E-state index contributed by atoms with van der Waals surface area (Å²) in [6.07, 6.45) is 5.72. The summed E-state index contributed by atoms with van der Waals surface area (Å²) >= 11 is 6.03. The summed E-state index contributed by atoms with van der Waals surface area (Å²) in [7, 11) is 0. The summed E-state index contributed by atoms with van der Waals surface area (Å²) in [5.74, 6) is 0.659. The predicted octanol–water partition coefficient (Wildman–Crippen LogP) is 3.60. The Bertz CT molecular complexity index is 421. The normalized spacial score (nSPS) is 17.4. The van der Waals surface area contributed by atoms with Gasteiger partial charge >= 0.3 is 0 Å². The average molecular weight is 280 g/mol. The first-order valence-corrected chi connectivity index (χ1v) is 7.60. The summed E-state index contributed by atoms with van der Waals surface area (Å²) in [4.78, 5) is 12.0. The minimum absolute atomic E-state index is 0.128. The lowest BCUT2D eigenvalue weighted by molar-refractivity contribution is -0.122. The molecule has 1 aliphatic carbocycles. The van der Waals surface area contributed by atoms with Gasteiger partial charge < -0.3 is 5.32 Å². The van der Waals surface area contributed by atoms with Crippen molar-refractivity contribution in [3.63, 3.8) is 0 Å². The maximum atomic E-state index is 12.0. The molecule has 0 radical (unpaired) electrons. The van der Waals surface area contributed by atoms with Crippen LogP contribution in [0.2, 0.25) is 0 Å². The Morgan fingerprint density at radius 2 is 1.89 bits per heavy atom. The number of aryl methyl sites for hydroxylation is 2. The molecule has 0 heterocycles. The number of benzene rings is 1. The Kier molecular flexibility index (Phi) is 4.87. The van der Waals surface area contributed by atoms with Crippen molar-refractivity contribution < 1.29 is 4.79 Å². The molecule has 0 saturated heterocycles. The smallest absolute Gasteiger partial charge is 0.220 e. The highest BCUT2D eigenvalue weighted by Crippen LogP contribution is 2.30. The number of rotatable bonds is 5. The monoisotopic (exact) mass is 279 g/mol. The van der Waals surface area contributed by atoms with Gasteiger partial charge in [-0.25, -0.2) is 0 Å². The van der Waals surface area contributed by atoms with Crippen molar-refractivity contribution in [3.8, 4) is 0 Å². The zero-order chi connectivity index (χ0) is 13.7. The minimum Gasteiger partial charge on any atom is -0.349 e. The molecular weight excluding hydrogens is 258 g/mol. The Morgan fingerprint density at radius 3 is 2.47 bits per heavy atom. The van der Waals surface area contributed by atoms with E-state index in [4.69, 9.17) is 11.6 Å². The van der Waals surface area contributed by atoms with Crippen LogP contribution in [-0.2, 0) is 11.2 Å². The van der Waals surface area contributed by atoms with E-state index in [1.807, 2.05) is 0 Å². The Balaban J connectivity index is 1.82. The number of amides is 1. The number of carbonyl (C=O) groups is 1. The number of carbonyl (C=O) groups excluding carboxylic acids is 1. The standard InChI is InChI=1S/C16H22ClNO/c1-13-4-6-14(7-5-13)8-9-15(19)18-16(12-17)10-2-3-11-16/h4-7H,2-3,8-12H2,1H3,(H,18,19). The number of nitrogens with one attached hydrogen (secondary N) is 1. The SMILES string of the molecule is Cc1ccc(CCC(=O)NC2(CCl)CCCC2)cc1. The topological polar surface area (TPSA) is 29.1 Å². The molecule has 1 saturated carbocycles. The van der Waals surface area contributed by atoms with Gasteiger partial charge in [0.1, 0.15) is 0 Å². The largest absolute Gasteiger partial charge is 0.349 e. The molecule has 19 heavy (non-hydrogen) atoms. The van der Waals surface area contributed by atoms with Gasteiger partial charge in [-0.2, -0.15) is 0 Å². The molecule has 1 N–H and O–H groups in total. The second-order valence-corrected chi connectivity index (χ2v) is 5.92. The molecule has 0 bridgehead atoms. The molecule has 0 spiro atoms. The van der Waals surface area contributed by atoms with Crippen LogP contribution in [0.3, 0.4) is 0 Å². The fourth-order valence-electron chi connectivity index (χ4n) is 2.71. The van der Waals surface area contributed by atoms with E-state index in [0.29, 0.717) is 12.3 Å². The zero-order valence-corrected chi connectivity index (χ0v) is 12.3. The van der Waals surface area contributed by atoms with Gasteiger partial charge in [-0.05, 0) is 31.7 Å². The molecule has 1 amide bonds.